The third-order valence-corrected chi connectivity index (χ3v) is 16.9. The number of aliphatic hydroxyl groups is 3. The summed E-state index contributed by atoms with van der Waals surface area (Å²) in [5, 5.41) is 34.2. The average molecular weight is 586 g/mol. The second kappa shape index (κ2) is 9.88. The Morgan fingerprint density at radius 3 is 0.857 bits per heavy atom. The van der Waals surface area contributed by atoms with Crippen molar-refractivity contribution in [2.75, 3.05) is 58.9 Å². The van der Waals surface area contributed by atoms with Crippen LogP contribution < -0.4 is 0 Å². The fourth-order valence-corrected chi connectivity index (χ4v) is 13.1. The van der Waals surface area contributed by atoms with Crippen molar-refractivity contribution in [3.8, 4) is 0 Å². The lowest BCUT2D eigenvalue weighted by Crippen LogP contribution is -2.52. The standard InChI is InChI=1S/C36H63N3O3/c1-31(2)25-7-10-34(31,28(40)19-25)22-37-13-15-38(23-35-11-8-26(20-29(35)41)32(35,3)4)17-18-39(16-14-37)24-36-12-9-27(21-30(36)42)33(36,5)6/h25-30,40-42H,7-24H2,1-6H3/t25-,26-,27-,28-,29-,30-,34-,35-,36-/m1/s1. The monoisotopic (exact) mass is 585 g/mol. The lowest BCUT2D eigenvalue weighted by molar-refractivity contribution is -0.0396. The van der Waals surface area contributed by atoms with Crippen LogP contribution in [0.3, 0.4) is 0 Å². The molecule has 6 nitrogen and oxygen atoms in total. The molecule has 6 heteroatoms. The molecule has 6 saturated carbocycles. The van der Waals surface area contributed by atoms with Gasteiger partial charge in [-0.15, -0.1) is 0 Å². The molecule has 7 rings (SSSR count). The first-order valence-electron chi connectivity index (χ1n) is 17.9. The Morgan fingerprint density at radius 1 is 0.452 bits per heavy atom. The van der Waals surface area contributed by atoms with Gasteiger partial charge in [-0.25, -0.2) is 0 Å². The number of hydrogen-bond donors (Lipinski definition) is 3. The normalized spacial score (nSPS) is 49.9. The minimum atomic E-state index is -0.182. The molecule has 0 radical (unpaired) electrons. The van der Waals surface area contributed by atoms with E-state index in [1.165, 1.54) is 19.3 Å². The topological polar surface area (TPSA) is 70.4 Å². The fraction of sp³-hybridized carbons (Fsp3) is 1.00. The molecule has 0 aromatic heterocycles. The second-order valence-electron chi connectivity index (χ2n) is 18.4. The van der Waals surface area contributed by atoms with Crippen molar-refractivity contribution >= 4 is 0 Å². The van der Waals surface area contributed by atoms with Crippen LogP contribution >= 0.6 is 0 Å². The molecule has 3 N–H and O–H groups in total. The molecule has 1 heterocycles. The highest BCUT2D eigenvalue weighted by Crippen LogP contribution is 2.68. The van der Waals surface area contributed by atoms with Gasteiger partial charge in [0.05, 0.1) is 18.3 Å². The zero-order valence-electron chi connectivity index (χ0n) is 27.9. The molecule has 6 bridgehead atoms. The summed E-state index contributed by atoms with van der Waals surface area (Å²) in [4.78, 5) is 8.17. The number of fused-ring (bicyclic) bond motifs is 6. The average Bonchev–Trinajstić information content (AvgIpc) is 3.60. The predicted molar refractivity (Wildman–Crippen MR) is 168 cm³/mol. The van der Waals surface area contributed by atoms with Gasteiger partial charge in [0.15, 0.2) is 0 Å². The molecular weight excluding hydrogens is 522 g/mol. The summed E-state index contributed by atoms with van der Waals surface area (Å²) in [6.07, 6.45) is 9.67. The van der Waals surface area contributed by atoms with Gasteiger partial charge in [-0.05, 0) is 91.8 Å². The van der Waals surface area contributed by atoms with Gasteiger partial charge < -0.3 is 30.0 Å². The maximum Gasteiger partial charge on any atom is 0.0616 e. The van der Waals surface area contributed by atoms with Crippen molar-refractivity contribution in [3.63, 3.8) is 0 Å². The largest absolute Gasteiger partial charge is 0.392 e. The van der Waals surface area contributed by atoms with Crippen molar-refractivity contribution in [1.82, 2.24) is 14.7 Å². The van der Waals surface area contributed by atoms with Gasteiger partial charge in [-0.1, -0.05) is 41.5 Å². The van der Waals surface area contributed by atoms with Crippen LogP contribution in [0.25, 0.3) is 0 Å². The highest BCUT2D eigenvalue weighted by atomic mass is 16.3. The molecule has 0 spiro atoms. The Labute approximate surface area is 256 Å². The van der Waals surface area contributed by atoms with E-state index in [0.29, 0.717) is 17.8 Å². The Balaban J connectivity index is 1.14. The number of aliphatic hydroxyl groups excluding tert-OH is 3. The van der Waals surface area contributed by atoms with E-state index >= 15 is 0 Å². The van der Waals surface area contributed by atoms with Crippen LogP contribution in [0.1, 0.15) is 99.3 Å². The Hall–Kier alpha value is -0.240. The molecule has 0 unspecified atom stereocenters. The van der Waals surface area contributed by atoms with E-state index in [1.807, 2.05) is 0 Å². The SMILES string of the molecule is CC1(C)[C@@H]2CC[C@@]1(CN1CCN(C[C@]34CC[C@H](C[C@H]3O)C4(C)C)CCN(C[C@]34CC[C@H](C[C@H]3O)C4(C)C)CC1)[C@H](O)C2. The van der Waals surface area contributed by atoms with Crippen molar-refractivity contribution in [3.05, 3.63) is 0 Å². The van der Waals surface area contributed by atoms with E-state index in [-0.39, 0.29) is 50.8 Å². The summed E-state index contributed by atoms with van der Waals surface area (Å²) in [6, 6.07) is 0. The van der Waals surface area contributed by atoms with Crippen LogP contribution in [-0.2, 0) is 0 Å². The zero-order valence-corrected chi connectivity index (χ0v) is 27.9. The summed E-state index contributed by atoms with van der Waals surface area (Å²) in [5.74, 6) is 1.96. The van der Waals surface area contributed by atoms with Gasteiger partial charge in [-0.3, -0.25) is 0 Å². The minimum absolute atomic E-state index is 0.00335. The summed E-state index contributed by atoms with van der Waals surface area (Å²) < 4.78 is 0. The Bertz CT molecular complexity index is 906. The molecule has 0 aromatic carbocycles. The van der Waals surface area contributed by atoms with Crippen molar-refractivity contribution in [1.29, 1.82) is 0 Å². The number of rotatable bonds is 6. The molecule has 0 aromatic rings. The fourth-order valence-electron chi connectivity index (χ4n) is 13.1. The van der Waals surface area contributed by atoms with E-state index in [9.17, 15) is 15.3 Å². The molecule has 6 aliphatic carbocycles. The first-order chi connectivity index (χ1) is 19.7. The van der Waals surface area contributed by atoms with Gasteiger partial charge in [0.1, 0.15) is 0 Å². The third-order valence-electron chi connectivity index (χ3n) is 16.9. The zero-order chi connectivity index (χ0) is 29.9. The molecule has 0 amide bonds. The maximum absolute atomic E-state index is 11.4. The van der Waals surface area contributed by atoms with E-state index in [2.05, 4.69) is 56.2 Å². The molecule has 7 fully saturated rings. The molecule has 1 aliphatic heterocycles. The summed E-state index contributed by atoms with van der Waals surface area (Å²) >= 11 is 0. The summed E-state index contributed by atoms with van der Waals surface area (Å²) in [5.41, 5.74) is 0.581. The van der Waals surface area contributed by atoms with E-state index in [4.69, 9.17) is 0 Å². The molecule has 42 heavy (non-hydrogen) atoms. The summed E-state index contributed by atoms with van der Waals surface area (Å²) in [6.45, 7) is 23.9. The number of nitrogens with zero attached hydrogens (tertiary/aromatic N) is 3. The van der Waals surface area contributed by atoms with Gasteiger partial charge in [0.25, 0.3) is 0 Å². The van der Waals surface area contributed by atoms with Crippen molar-refractivity contribution < 1.29 is 15.3 Å². The number of hydrogen-bond acceptors (Lipinski definition) is 6. The van der Waals surface area contributed by atoms with Crippen LogP contribution in [0.5, 0.6) is 0 Å². The van der Waals surface area contributed by atoms with Crippen LogP contribution in [0.4, 0.5) is 0 Å². The molecular formula is C36H63N3O3. The highest BCUT2D eigenvalue weighted by molar-refractivity contribution is 5.16. The van der Waals surface area contributed by atoms with Gasteiger partial charge in [0.2, 0.25) is 0 Å². The van der Waals surface area contributed by atoms with Gasteiger partial charge in [-0.2, -0.15) is 0 Å². The van der Waals surface area contributed by atoms with Crippen molar-refractivity contribution in [2.24, 2.45) is 50.2 Å². The van der Waals surface area contributed by atoms with E-state index in [0.717, 1.165) is 97.4 Å². The summed E-state index contributed by atoms with van der Waals surface area (Å²) in [7, 11) is 0. The van der Waals surface area contributed by atoms with Crippen molar-refractivity contribution in [2.45, 2.75) is 118 Å². The highest BCUT2D eigenvalue weighted by Gasteiger charge is 2.66. The lowest BCUT2D eigenvalue weighted by atomic mass is 9.68. The van der Waals surface area contributed by atoms with E-state index < -0.39 is 0 Å². The molecule has 7 aliphatic rings. The maximum atomic E-state index is 11.4. The lowest BCUT2D eigenvalue weighted by Gasteiger charge is -2.45. The van der Waals surface area contributed by atoms with Crippen LogP contribution in [0.2, 0.25) is 0 Å². The first-order valence-corrected chi connectivity index (χ1v) is 17.9. The van der Waals surface area contributed by atoms with Gasteiger partial charge >= 0.3 is 0 Å². The molecule has 9 atom stereocenters. The quantitative estimate of drug-likeness (QED) is 0.428. The van der Waals surface area contributed by atoms with Crippen LogP contribution in [0, 0.1) is 50.2 Å². The smallest absolute Gasteiger partial charge is 0.0616 e. The van der Waals surface area contributed by atoms with Gasteiger partial charge in [0, 0.05) is 75.1 Å². The molecule has 240 valence electrons. The second-order valence-corrected chi connectivity index (χ2v) is 18.4. The Morgan fingerprint density at radius 2 is 0.690 bits per heavy atom. The Kier molecular flexibility index (Phi) is 7.15. The van der Waals surface area contributed by atoms with Crippen LogP contribution in [-0.4, -0.2) is 107 Å². The third kappa shape index (κ3) is 3.96. The predicted octanol–water partition coefficient (Wildman–Crippen LogP) is 4.47. The first kappa shape index (κ1) is 30.4. The minimum Gasteiger partial charge on any atom is -0.392 e. The van der Waals surface area contributed by atoms with E-state index in [1.54, 1.807) is 0 Å². The van der Waals surface area contributed by atoms with Crippen LogP contribution in [0.15, 0.2) is 0 Å². The molecule has 1 saturated heterocycles.